The molecule has 1 heterocycles. The van der Waals surface area contributed by atoms with Crippen molar-refractivity contribution in [2.24, 2.45) is 0 Å². The molecule has 1 aromatic carbocycles. The maximum Gasteiger partial charge on any atom is 0.216 e. The minimum Gasteiger partial charge on any atom is -0.358 e. The third-order valence-electron chi connectivity index (χ3n) is 2.30. The first-order valence-corrected chi connectivity index (χ1v) is 6.93. The van der Waals surface area contributed by atoms with Crippen LogP contribution in [0.3, 0.4) is 0 Å². The zero-order chi connectivity index (χ0) is 13.7. The molecule has 100 valence electrons. The van der Waals surface area contributed by atoms with Crippen LogP contribution in [0.4, 0.5) is 5.13 Å². The summed E-state index contributed by atoms with van der Waals surface area (Å²) in [6.07, 6.45) is 0. The summed E-state index contributed by atoms with van der Waals surface area (Å²) in [6.45, 7) is 2.65. The fourth-order valence-electron chi connectivity index (χ4n) is 1.45. The molecule has 1 amide bonds. The lowest BCUT2D eigenvalue weighted by Gasteiger charge is -2.02. The molecule has 2 aromatic rings. The lowest BCUT2D eigenvalue weighted by molar-refractivity contribution is -0.118. The Morgan fingerprint density at radius 3 is 2.84 bits per heavy atom. The summed E-state index contributed by atoms with van der Waals surface area (Å²) in [7, 11) is 0. The maximum atomic E-state index is 10.7. The van der Waals surface area contributed by atoms with E-state index in [4.69, 9.17) is 11.6 Å². The normalized spacial score (nSPS) is 10.2. The minimum atomic E-state index is -0.0455. The van der Waals surface area contributed by atoms with Crippen molar-refractivity contribution >= 4 is 34.0 Å². The molecule has 0 aliphatic rings. The van der Waals surface area contributed by atoms with E-state index in [1.807, 2.05) is 24.3 Å². The van der Waals surface area contributed by atoms with E-state index in [0.717, 1.165) is 10.6 Å². The van der Waals surface area contributed by atoms with E-state index in [0.29, 0.717) is 23.2 Å². The minimum absolute atomic E-state index is 0.0455. The van der Waals surface area contributed by atoms with Gasteiger partial charge in [-0.2, -0.15) is 0 Å². The molecule has 2 rings (SSSR count). The Morgan fingerprint density at radius 1 is 1.32 bits per heavy atom. The lowest BCUT2D eigenvalue weighted by atomic mass is 10.2. The fourth-order valence-corrected chi connectivity index (χ4v) is 2.54. The van der Waals surface area contributed by atoms with Crippen molar-refractivity contribution in [1.29, 1.82) is 0 Å². The summed E-state index contributed by atoms with van der Waals surface area (Å²) >= 11 is 7.53. The van der Waals surface area contributed by atoms with Crippen molar-refractivity contribution < 1.29 is 4.79 Å². The van der Waals surface area contributed by atoms with Gasteiger partial charge < -0.3 is 10.6 Å². The molecule has 0 aliphatic carbocycles. The van der Waals surface area contributed by atoms with Gasteiger partial charge in [0.1, 0.15) is 0 Å². The van der Waals surface area contributed by atoms with Crippen molar-refractivity contribution in [2.45, 2.75) is 6.92 Å². The van der Waals surface area contributed by atoms with Crippen LogP contribution in [-0.4, -0.2) is 29.2 Å². The summed E-state index contributed by atoms with van der Waals surface area (Å²) in [5.41, 5.74) is 0.872. The largest absolute Gasteiger partial charge is 0.358 e. The third-order valence-corrected chi connectivity index (χ3v) is 3.55. The number of carbonyl (C=O) groups excluding carboxylic acids is 1. The Kier molecular flexibility index (Phi) is 4.70. The number of nitrogens with one attached hydrogen (secondary N) is 2. The van der Waals surface area contributed by atoms with E-state index in [1.54, 1.807) is 0 Å². The first-order chi connectivity index (χ1) is 9.16. The highest BCUT2D eigenvalue weighted by atomic mass is 35.5. The van der Waals surface area contributed by atoms with Gasteiger partial charge >= 0.3 is 0 Å². The number of hydrogen-bond acceptors (Lipinski definition) is 5. The van der Waals surface area contributed by atoms with Crippen molar-refractivity contribution in [3.8, 4) is 10.6 Å². The summed E-state index contributed by atoms with van der Waals surface area (Å²) in [4.78, 5) is 10.7. The van der Waals surface area contributed by atoms with Crippen LogP contribution in [-0.2, 0) is 4.79 Å². The molecular weight excluding hydrogens is 284 g/mol. The highest BCUT2D eigenvalue weighted by Gasteiger charge is 2.09. The molecule has 0 saturated heterocycles. The predicted octanol–water partition coefficient (Wildman–Crippen LogP) is 2.41. The van der Waals surface area contributed by atoms with Gasteiger partial charge in [0.05, 0.1) is 5.02 Å². The molecule has 0 bridgehead atoms. The molecule has 2 N–H and O–H groups in total. The van der Waals surface area contributed by atoms with Gasteiger partial charge in [0.2, 0.25) is 11.0 Å². The van der Waals surface area contributed by atoms with Gasteiger partial charge in [-0.3, -0.25) is 4.79 Å². The molecular formula is C12H13ClN4OS. The zero-order valence-corrected chi connectivity index (χ0v) is 11.9. The van der Waals surface area contributed by atoms with E-state index in [1.165, 1.54) is 18.3 Å². The van der Waals surface area contributed by atoms with Gasteiger partial charge in [-0.05, 0) is 6.07 Å². The number of benzene rings is 1. The molecule has 0 fully saturated rings. The highest BCUT2D eigenvalue weighted by Crippen LogP contribution is 2.31. The Balaban J connectivity index is 1.96. The molecule has 1 aromatic heterocycles. The average molecular weight is 297 g/mol. The fraction of sp³-hybridized carbons (Fsp3) is 0.250. The van der Waals surface area contributed by atoms with Crippen molar-refractivity contribution in [3.63, 3.8) is 0 Å². The number of amides is 1. The van der Waals surface area contributed by atoms with Gasteiger partial charge in [-0.15, -0.1) is 10.2 Å². The highest BCUT2D eigenvalue weighted by molar-refractivity contribution is 7.18. The Hall–Kier alpha value is -1.66. The van der Waals surface area contributed by atoms with Gasteiger partial charge in [-0.1, -0.05) is 41.1 Å². The second-order valence-corrected chi connectivity index (χ2v) is 5.19. The number of hydrogen-bond donors (Lipinski definition) is 2. The molecule has 0 radical (unpaired) electrons. The maximum absolute atomic E-state index is 10.7. The number of carbonyl (C=O) groups is 1. The molecule has 0 atom stereocenters. The SMILES string of the molecule is CC(=O)NCCNc1nnc(-c2ccccc2Cl)s1. The van der Waals surface area contributed by atoms with Crippen LogP contribution in [0, 0.1) is 0 Å². The monoisotopic (exact) mass is 296 g/mol. The summed E-state index contributed by atoms with van der Waals surface area (Å²) in [5, 5.41) is 16.1. The van der Waals surface area contributed by atoms with Crippen LogP contribution in [0.2, 0.25) is 5.02 Å². The summed E-state index contributed by atoms with van der Waals surface area (Å²) in [5.74, 6) is -0.0455. The average Bonchev–Trinajstić information content (AvgIpc) is 2.83. The van der Waals surface area contributed by atoms with Gasteiger partial charge in [0.15, 0.2) is 5.01 Å². The number of aromatic nitrogens is 2. The molecule has 7 heteroatoms. The van der Waals surface area contributed by atoms with Crippen LogP contribution in [0.25, 0.3) is 10.6 Å². The smallest absolute Gasteiger partial charge is 0.216 e. The first kappa shape index (κ1) is 13.8. The number of anilines is 1. The first-order valence-electron chi connectivity index (χ1n) is 5.73. The Labute approximate surface area is 120 Å². The standard InChI is InChI=1S/C12H13ClN4OS/c1-8(18)14-6-7-15-12-17-16-11(19-12)9-4-2-3-5-10(9)13/h2-5H,6-7H2,1H3,(H,14,18)(H,15,17). The van der Waals surface area contributed by atoms with Crippen LogP contribution in [0.5, 0.6) is 0 Å². The Bertz CT molecular complexity index is 572. The van der Waals surface area contributed by atoms with Gasteiger partial charge in [0, 0.05) is 25.6 Å². The van der Waals surface area contributed by atoms with Crippen molar-refractivity contribution in [1.82, 2.24) is 15.5 Å². The van der Waals surface area contributed by atoms with E-state index in [9.17, 15) is 4.79 Å². The van der Waals surface area contributed by atoms with E-state index >= 15 is 0 Å². The van der Waals surface area contributed by atoms with Gasteiger partial charge in [-0.25, -0.2) is 0 Å². The second kappa shape index (κ2) is 6.49. The van der Waals surface area contributed by atoms with Crippen molar-refractivity contribution in [3.05, 3.63) is 29.3 Å². The molecule has 5 nitrogen and oxygen atoms in total. The number of halogens is 1. The summed E-state index contributed by atoms with van der Waals surface area (Å²) < 4.78 is 0. The molecule has 19 heavy (non-hydrogen) atoms. The Morgan fingerprint density at radius 2 is 2.11 bits per heavy atom. The quantitative estimate of drug-likeness (QED) is 0.832. The van der Waals surface area contributed by atoms with E-state index < -0.39 is 0 Å². The summed E-state index contributed by atoms with van der Waals surface area (Å²) in [6, 6.07) is 7.51. The van der Waals surface area contributed by atoms with Crippen LogP contribution in [0.1, 0.15) is 6.92 Å². The van der Waals surface area contributed by atoms with E-state index in [2.05, 4.69) is 20.8 Å². The van der Waals surface area contributed by atoms with Gasteiger partial charge in [0.25, 0.3) is 0 Å². The zero-order valence-electron chi connectivity index (χ0n) is 10.3. The molecule has 0 unspecified atom stereocenters. The number of nitrogens with zero attached hydrogens (tertiary/aromatic N) is 2. The lowest BCUT2D eigenvalue weighted by Crippen LogP contribution is -2.26. The van der Waals surface area contributed by atoms with Crippen LogP contribution >= 0.6 is 22.9 Å². The molecule has 0 spiro atoms. The molecule has 0 aliphatic heterocycles. The second-order valence-electron chi connectivity index (χ2n) is 3.80. The topological polar surface area (TPSA) is 66.9 Å². The van der Waals surface area contributed by atoms with E-state index in [-0.39, 0.29) is 5.91 Å². The van der Waals surface area contributed by atoms with Crippen LogP contribution < -0.4 is 10.6 Å². The van der Waals surface area contributed by atoms with Crippen LogP contribution in [0.15, 0.2) is 24.3 Å². The van der Waals surface area contributed by atoms with Crippen molar-refractivity contribution in [2.75, 3.05) is 18.4 Å². The number of rotatable bonds is 5. The third kappa shape index (κ3) is 3.90. The predicted molar refractivity (Wildman–Crippen MR) is 77.5 cm³/mol. The molecule has 0 saturated carbocycles.